The van der Waals surface area contributed by atoms with Crippen molar-refractivity contribution in [1.82, 2.24) is 10.3 Å². The van der Waals surface area contributed by atoms with Gasteiger partial charge in [0.2, 0.25) is 5.89 Å². The van der Waals surface area contributed by atoms with Gasteiger partial charge in [-0.15, -0.1) is 22.7 Å². The molecule has 3 rings (SSSR count). The summed E-state index contributed by atoms with van der Waals surface area (Å²) in [4.78, 5) is 5.50. The summed E-state index contributed by atoms with van der Waals surface area (Å²) < 4.78 is 8.45. The van der Waals surface area contributed by atoms with Gasteiger partial charge in [0.1, 0.15) is 0 Å². The molecule has 5 heteroatoms. The van der Waals surface area contributed by atoms with Gasteiger partial charge in [-0.1, -0.05) is 6.92 Å². The van der Waals surface area contributed by atoms with Gasteiger partial charge >= 0.3 is 0 Å². The van der Waals surface area contributed by atoms with Crippen LogP contribution in [0.4, 0.5) is 0 Å². The molecule has 18 heavy (non-hydrogen) atoms. The minimum absolute atomic E-state index is 0.157. The van der Waals surface area contributed by atoms with Gasteiger partial charge in [0.15, 0.2) is 5.76 Å². The number of nitrogens with zero attached hydrogens (tertiary/aromatic N) is 1. The Hall–Kier alpha value is -1.17. The molecule has 0 amide bonds. The molecule has 94 valence electrons. The number of thiophene rings is 2. The summed E-state index contributed by atoms with van der Waals surface area (Å²) in [6, 6.07) is 4.48. The van der Waals surface area contributed by atoms with E-state index in [1.807, 2.05) is 6.20 Å². The molecule has 0 saturated heterocycles. The second-order valence-electron chi connectivity index (χ2n) is 4.10. The highest BCUT2D eigenvalue weighted by atomic mass is 32.1. The average molecular weight is 278 g/mol. The van der Waals surface area contributed by atoms with Gasteiger partial charge in [-0.2, -0.15) is 0 Å². The molecule has 1 atom stereocenters. The first kappa shape index (κ1) is 11.9. The number of hydrogen-bond donors (Lipinski definition) is 1. The highest BCUT2D eigenvalue weighted by molar-refractivity contribution is 7.28. The van der Waals surface area contributed by atoms with E-state index in [-0.39, 0.29) is 6.04 Å². The van der Waals surface area contributed by atoms with Crippen LogP contribution < -0.4 is 5.32 Å². The van der Waals surface area contributed by atoms with Gasteiger partial charge in [0.25, 0.3) is 0 Å². The predicted octanol–water partition coefficient (Wildman–Crippen LogP) is 4.29. The summed E-state index contributed by atoms with van der Waals surface area (Å²) in [7, 11) is 0. The van der Waals surface area contributed by atoms with E-state index >= 15 is 0 Å². The topological polar surface area (TPSA) is 38.1 Å². The number of hydrogen-bond acceptors (Lipinski definition) is 5. The zero-order valence-electron chi connectivity index (χ0n) is 10.3. The quantitative estimate of drug-likeness (QED) is 0.773. The molecular weight excluding hydrogens is 264 g/mol. The van der Waals surface area contributed by atoms with Crippen LogP contribution in [0.1, 0.15) is 25.8 Å². The van der Waals surface area contributed by atoms with Crippen molar-refractivity contribution >= 4 is 32.1 Å². The molecular formula is C13H14N2OS2. The maximum absolute atomic E-state index is 5.82. The Morgan fingerprint density at radius 1 is 1.44 bits per heavy atom. The number of fused-ring (bicyclic) bond motifs is 1. The van der Waals surface area contributed by atoms with E-state index in [2.05, 4.69) is 41.7 Å². The standard InChI is InChI=1S/C13H14N2OS2/c1-3-14-8(2)13-15-7-9(16-13)11-6-12-10(18-11)4-5-17-12/h4-8,14H,3H2,1-2H3. The van der Waals surface area contributed by atoms with E-state index in [0.29, 0.717) is 0 Å². The van der Waals surface area contributed by atoms with E-state index in [4.69, 9.17) is 4.42 Å². The summed E-state index contributed by atoms with van der Waals surface area (Å²) in [5, 5.41) is 5.41. The van der Waals surface area contributed by atoms with Gasteiger partial charge in [-0.3, -0.25) is 0 Å². The maximum Gasteiger partial charge on any atom is 0.211 e. The molecule has 3 nitrogen and oxygen atoms in total. The molecule has 3 heterocycles. The molecule has 1 unspecified atom stereocenters. The van der Waals surface area contributed by atoms with Crippen molar-refractivity contribution in [3.63, 3.8) is 0 Å². The molecule has 0 aromatic carbocycles. The number of oxazole rings is 1. The second-order valence-corrected chi connectivity index (χ2v) is 6.13. The third kappa shape index (κ3) is 2.09. The van der Waals surface area contributed by atoms with Crippen LogP contribution >= 0.6 is 22.7 Å². The lowest BCUT2D eigenvalue weighted by molar-refractivity contribution is 0.429. The fraction of sp³-hybridized carbons (Fsp3) is 0.308. The van der Waals surface area contributed by atoms with Crippen molar-refractivity contribution in [2.45, 2.75) is 19.9 Å². The SMILES string of the molecule is CCNC(C)c1ncc(-c2cc3sccc3s2)o1. The maximum atomic E-state index is 5.82. The van der Waals surface area contributed by atoms with Crippen molar-refractivity contribution < 1.29 is 4.42 Å². The van der Waals surface area contributed by atoms with Crippen molar-refractivity contribution in [1.29, 1.82) is 0 Å². The molecule has 0 aliphatic heterocycles. The Balaban J connectivity index is 1.90. The van der Waals surface area contributed by atoms with Crippen molar-refractivity contribution in [2.24, 2.45) is 0 Å². The minimum atomic E-state index is 0.157. The lowest BCUT2D eigenvalue weighted by atomic mass is 10.3. The number of aromatic nitrogens is 1. The van der Waals surface area contributed by atoms with Crippen LogP contribution in [0.3, 0.4) is 0 Å². The predicted molar refractivity (Wildman–Crippen MR) is 77.3 cm³/mol. The van der Waals surface area contributed by atoms with E-state index in [1.54, 1.807) is 22.7 Å². The summed E-state index contributed by atoms with van der Waals surface area (Å²) in [6.07, 6.45) is 1.82. The molecule has 3 aromatic heterocycles. The molecule has 1 N–H and O–H groups in total. The van der Waals surface area contributed by atoms with Gasteiger partial charge in [0.05, 0.1) is 17.1 Å². The highest BCUT2D eigenvalue weighted by Crippen LogP contribution is 2.36. The summed E-state index contributed by atoms with van der Waals surface area (Å²) in [5.41, 5.74) is 0. The number of rotatable bonds is 4. The molecule has 0 radical (unpaired) electrons. The zero-order chi connectivity index (χ0) is 12.5. The largest absolute Gasteiger partial charge is 0.438 e. The van der Waals surface area contributed by atoms with Gasteiger partial charge in [0, 0.05) is 9.40 Å². The average Bonchev–Trinajstić information content (AvgIpc) is 3.03. The third-order valence-electron chi connectivity index (χ3n) is 2.79. The fourth-order valence-corrected chi connectivity index (χ4v) is 3.94. The Kier molecular flexibility index (Phi) is 3.20. The van der Waals surface area contributed by atoms with Crippen LogP contribution in [0.2, 0.25) is 0 Å². The molecule has 0 spiro atoms. The van der Waals surface area contributed by atoms with Crippen LogP contribution in [-0.2, 0) is 0 Å². The normalized spacial score (nSPS) is 13.2. The Morgan fingerprint density at radius 2 is 2.33 bits per heavy atom. The zero-order valence-corrected chi connectivity index (χ0v) is 11.9. The molecule has 3 aromatic rings. The summed E-state index contributed by atoms with van der Waals surface area (Å²) >= 11 is 3.51. The monoisotopic (exact) mass is 278 g/mol. The smallest absolute Gasteiger partial charge is 0.211 e. The van der Waals surface area contributed by atoms with Crippen molar-refractivity contribution in [3.05, 3.63) is 29.6 Å². The first-order valence-corrected chi connectivity index (χ1v) is 7.64. The van der Waals surface area contributed by atoms with E-state index in [1.165, 1.54) is 9.40 Å². The van der Waals surface area contributed by atoms with Gasteiger partial charge < -0.3 is 9.73 Å². The van der Waals surface area contributed by atoms with Crippen molar-refractivity contribution in [3.8, 4) is 10.6 Å². The molecule has 0 bridgehead atoms. The molecule has 0 aliphatic carbocycles. The van der Waals surface area contributed by atoms with E-state index < -0.39 is 0 Å². The van der Waals surface area contributed by atoms with Crippen LogP contribution in [0.25, 0.3) is 20.0 Å². The first-order chi connectivity index (χ1) is 8.78. The lowest BCUT2D eigenvalue weighted by Crippen LogP contribution is -2.17. The third-order valence-corrected chi connectivity index (χ3v) is 4.89. The molecule has 0 fully saturated rings. The number of nitrogens with one attached hydrogen (secondary N) is 1. The Bertz CT molecular complexity index is 624. The lowest BCUT2D eigenvalue weighted by Gasteiger charge is -2.06. The van der Waals surface area contributed by atoms with E-state index in [9.17, 15) is 0 Å². The summed E-state index contributed by atoms with van der Waals surface area (Å²) in [6.45, 7) is 5.05. The van der Waals surface area contributed by atoms with Crippen molar-refractivity contribution in [2.75, 3.05) is 6.54 Å². The Morgan fingerprint density at radius 3 is 3.11 bits per heavy atom. The highest BCUT2D eigenvalue weighted by Gasteiger charge is 2.14. The van der Waals surface area contributed by atoms with Crippen LogP contribution in [0.15, 0.2) is 28.1 Å². The minimum Gasteiger partial charge on any atom is -0.438 e. The van der Waals surface area contributed by atoms with Crippen LogP contribution in [0.5, 0.6) is 0 Å². The van der Waals surface area contributed by atoms with E-state index in [0.717, 1.165) is 23.1 Å². The van der Waals surface area contributed by atoms with Crippen LogP contribution in [-0.4, -0.2) is 11.5 Å². The first-order valence-electron chi connectivity index (χ1n) is 5.94. The fourth-order valence-electron chi connectivity index (χ4n) is 1.88. The van der Waals surface area contributed by atoms with Gasteiger partial charge in [-0.05, 0) is 31.0 Å². The second kappa shape index (κ2) is 4.84. The van der Waals surface area contributed by atoms with Crippen LogP contribution in [0, 0.1) is 0 Å². The van der Waals surface area contributed by atoms with Gasteiger partial charge in [-0.25, -0.2) is 4.98 Å². The molecule has 0 aliphatic rings. The molecule has 0 saturated carbocycles. The summed E-state index contributed by atoms with van der Waals surface area (Å²) in [5.74, 6) is 1.62. The Labute approximate surface area is 113 Å².